The van der Waals surface area contributed by atoms with Gasteiger partial charge in [-0.2, -0.15) is 0 Å². The van der Waals surface area contributed by atoms with Crippen molar-refractivity contribution >= 4 is 5.97 Å². The van der Waals surface area contributed by atoms with E-state index >= 15 is 0 Å². The van der Waals surface area contributed by atoms with E-state index in [0.29, 0.717) is 6.61 Å². The molecule has 0 saturated carbocycles. The third-order valence-corrected chi connectivity index (χ3v) is 2.94. The maximum Gasteiger partial charge on any atom is 0.312 e. The monoisotopic (exact) mass is 194 g/mol. The van der Waals surface area contributed by atoms with E-state index in [9.17, 15) is 4.79 Å². The van der Waals surface area contributed by atoms with Crippen LogP contribution < -0.4 is 0 Å². The summed E-state index contributed by atoms with van der Waals surface area (Å²) < 4.78 is 5.11. The van der Waals surface area contributed by atoms with Crippen molar-refractivity contribution in [1.29, 1.82) is 0 Å². The maximum absolute atomic E-state index is 11.8. The fourth-order valence-corrected chi connectivity index (χ4v) is 1.87. The van der Waals surface area contributed by atoms with Gasteiger partial charge in [0.15, 0.2) is 0 Å². The Kier molecular flexibility index (Phi) is 3.50. The second-order valence-electron chi connectivity index (χ2n) is 3.72. The average Bonchev–Trinajstić information content (AvgIpc) is 2.63. The minimum absolute atomic E-state index is 0.0596. The Hall–Kier alpha value is -1.05. The van der Waals surface area contributed by atoms with Gasteiger partial charge in [0.05, 0.1) is 12.0 Å². The lowest BCUT2D eigenvalue weighted by Crippen LogP contribution is -2.30. The van der Waals surface area contributed by atoms with Gasteiger partial charge in [0.1, 0.15) is 0 Å². The number of ether oxygens (including phenoxy) is 1. The van der Waals surface area contributed by atoms with Gasteiger partial charge in [0.2, 0.25) is 0 Å². The Morgan fingerprint density at radius 3 is 2.86 bits per heavy atom. The van der Waals surface area contributed by atoms with E-state index in [4.69, 9.17) is 4.74 Å². The lowest BCUT2D eigenvalue weighted by Gasteiger charge is -2.25. The van der Waals surface area contributed by atoms with Crippen molar-refractivity contribution in [2.24, 2.45) is 5.41 Å². The number of hydrogen-bond acceptors (Lipinski definition) is 2. The van der Waals surface area contributed by atoms with Gasteiger partial charge in [-0.25, -0.2) is 0 Å². The van der Waals surface area contributed by atoms with Gasteiger partial charge in [-0.3, -0.25) is 4.79 Å². The summed E-state index contributed by atoms with van der Waals surface area (Å²) in [6, 6.07) is 0. The van der Waals surface area contributed by atoms with Crippen LogP contribution >= 0.6 is 0 Å². The first-order valence-electron chi connectivity index (χ1n) is 5.17. The van der Waals surface area contributed by atoms with Crippen molar-refractivity contribution in [2.45, 2.75) is 33.1 Å². The van der Waals surface area contributed by atoms with Gasteiger partial charge in [-0.1, -0.05) is 31.2 Å². The first-order valence-corrected chi connectivity index (χ1v) is 5.17. The predicted molar refractivity (Wildman–Crippen MR) is 56.9 cm³/mol. The second-order valence-corrected chi connectivity index (χ2v) is 3.72. The molecule has 0 amide bonds. The highest BCUT2D eigenvalue weighted by Gasteiger charge is 2.40. The molecule has 1 aliphatic carbocycles. The Morgan fingerprint density at radius 2 is 2.43 bits per heavy atom. The summed E-state index contributed by atoms with van der Waals surface area (Å²) in [5, 5.41) is 0. The predicted octanol–water partition coefficient (Wildman–Crippen LogP) is 2.85. The second kappa shape index (κ2) is 4.45. The van der Waals surface area contributed by atoms with Crippen LogP contribution in [0, 0.1) is 5.41 Å². The van der Waals surface area contributed by atoms with Gasteiger partial charge in [0.25, 0.3) is 0 Å². The molecule has 1 unspecified atom stereocenters. The molecule has 0 saturated heterocycles. The van der Waals surface area contributed by atoms with Crippen LogP contribution in [0.5, 0.6) is 0 Å². The number of carbonyl (C=O) groups excluding carboxylic acids is 1. The first kappa shape index (κ1) is 11.0. The van der Waals surface area contributed by atoms with Crippen LogP contribution in [0.25, 0.3) is 0 Å². The smallest absolute Gasteiger partial charge is 0.312 e. The number of hydrogen-bond donors (Lipinski definition) is 0. The van der Waals surface area contributed by atoms with E-state index in [0.717, 1.165) is 19.3 Å². The first-order chi connectivity index (χ1) is 6.68. The third kappa shape index (κ3) is 1.89. The van der Waals surface area contributed by atoms with Crippen molar-refractivity contribution < 1.29 is 9.53 Å². The zero-order valence-electron chi connectivity index (χ0n) is 9.01. The minimum Gasteiger partial charge on any atom is -0.466 e. The van der Waals surface area contributed by atoms with Crippen molar-refractivity contribution in [3.05, 3.63) is 24.3 Å². The lowest BCUT2D eigenvalue weighted by atomic mass is 9.82. The minimum atomic E-state index is -0.306. The van der Waals surface area contributed by atoms with Crippen LogP contribution in [0.3, 0.4) is 0 Å². The van der Waals surface area contributed by atoms with Crippen LogP contribution in [0.1, 0.15) is 33.1 Å². The Balaban J connectivity index is 2.72. The van der Waals surface area contributed by atoms with E-state index < -0.39 is 0 Å². The van der Waals surface area contributed by atoms with E-state index in [1.54, 1.807) is 0 Å². The molecule has 0 N–H and O–H groups in total. The lowest BCUT2D eigenvalue weighted by molar-refractivity contribution is -0.155. The molecule has 0 aromatic heterocycles. The van der Waals surface area contributed by atoms with E-state index in [1.807, 2.05) is 19.9 Å². The molecule has 78 valence electrons. The zero-order valence-corrected chi connectivity index (χ0v) is 9.01. The summed E-state index contributed by atoms with van der Waals surface area (Å²) in [5.41, 5.74) is 0.861. The van der Waals surface area contributed by atoms with E-state index in [2.05, 4.69) is 12.7 Å². The molecule has 14 heavy (non-hydrogen) atoms. The highest BCUT2D eigenvalue weighted by molar-refractivity contribution is 5.78. The summed E-state index contributed by atoms with van der Waals surface area (Å²) in [6.45, 7) is 8.07. The van der Waals surface area contributed by atoms with Gasteiger partial charge in [-0.05, 0) is 26.2 Å². The molecule has 0 aromatic carbocycles. The molecule has 0 aromatic rings. The van der Waals surface area contributed by atoms with Crippen LogP contribution in [0.4, 0.5) is 0 Å². The Bertz CT molecular complexity index is 265. The maximum atomic E-state index is 11.8. The molecule has 0 bridgehead atoms. The number of carbonyl (C=O) groups is 1. The highest BCUT2D eigenvalue weighted by atomic mass is 16.5. The van der Waals surface area contributed by atoms with Crippen molar-refractivity contribution in [2.75, 3.05) is 6.61 Å². The van der Waals surface area contributed by atoms with Crippen molar-refractivity contribution in [1.82, 2.24) is 0 Å². The van der Waals surface area contributed by atoms with Crippen LogP contribution in [-0.2, 0) is 9.53 Å². The molecule has 2 heteroatoms. The summed E-state index contributed by atoms with van der Waals surface area (Å²) in [6.07, 6.45) is 6.33. The molecule has 0 fully saturated rings. The van der Waals surface area contributed by atoms with E-state index in [1.165, 1.54) is 5.57 Å². The fourth-order valence-electron chi connectivity index (χ4n) is 1.87. The Labute approximate surface area is 85.6 Å². The van der Waals surface area contributed by atoms with E-state index in [-0.39, 0.29) is 11.4 Å². The molecule has 1 rings (SSSR count). The molecule has 0 aliphatic heterocycles. The normalized spacial score (nSPS) is 25.7. The summed E-state index contributed by atoms with van der Waals surface area (Å²) >= 11 is 0. The van der Waals surface area contributed by atoms with Crippen LogP contribution in [0.2, 0.25) is 0 Å². The molecule has 0 heterocycles. The van der Waals surface area contributed by atoms with Gasteiger partial charge in [0, 0.05) is 0 Å². The van der Waals surface area contributed by atoms with Gasteiger partial charge < -0.3 is 4.74 Å². The van der Waals surface area contributed by atoms with Crippen molar-refractivity contribution in [3.8, 4) is 0 Å². The Morgan fingerprint density at radius 1 is 1.71 bits per heavy atom. The van der Waals surface area contributed by atoms with Crippen LogP contribution in [-0.4, -0.2) is 12.6 Å². The highest BCUT2D eigenvalue weighted by Crippen LogP contribution is 2.41. The average molecular weight is 194 g/mol. The largest absolute Gasteiger partial charge is 0.466 e. The SMILES string of the molecule is C=CC1=CCC(CC)(C(=O)OCC)C1. The molecular weight excluding hydrogens is 176 g/mol. The quantitative estimate of drug-likeness (QED) is 0.643. The van der Waals surface area contributed by atoms with Crippen LogP contribution in [0.15, 0.2) is 24.3 Å². The zero-order chi connectivity index (χ0) is 10.6. The molecule has 1 atom stereocenters. The van der Waals surface area contributed by atoms with Gasteiger partial charge >= 0.3 is 5.97 Å². The topological polar surface area (TPSA) is 26.3 Å². The molecule has 0 radical (unpaired) electrons. The molecule has 1 aliphatic rings. The molecular formula is C12H18O2. The fraction of sp³-hybridized carbons (Fsp3) is 0.583. The van der Waals surface area contributed by atoms with Crippen molar-refractivity contribution in [3.63, 3.8) is 0 Å². The third-order valence-electron chi connectivity index (χ3n) is 2.94. The number of esters is 1. The molecule has 0 spiro atoms. The summed E-state index contributed by atoms with van der Waals surface area (Å²) in [7, 11) is 0. The standard InChI is InChI=1S/C12H18O2/c1-4-10-7-8-12(5-2,9-10)11(13)14-6-3/h4,7H,1,5-6,8-9H2,2-3H3. The summed E-state index contributed by atoms with van der Waals surface area (Å²) in [5.74, 6) is -0.0596. The summed E-state index contributed by atoms with van der Waals surface area (Å²) in [4.78, 5) is 11.8. The number of allylic oxidation sites excluding steroid dienone is 3. The number of rotatable bonds is 4. The van der Waals surface area contributed by atoms with Gasteiger partial charge in [-0.15, -0.1) is 0 Å². The molecule has 2 nitrogen and oxygen atoms in total.